The highest BCUT2D eigenvalue weighted by Crippen LogP contribution is 2.32. The smallest absolute Gasteiger partial charge is 0.306 e. The number of amides is 2. The summed E-state index contributed by atoms with van der Waals surface area (Å²) in [6.45, 7) is 1.50. The van der Waals surface area contributed by atoms with Crippen LogP contribution < -0.4 is 5.32 Å². The second-order valence-corrected chi connectivity index (χ2v) is 7.49. The Bertz CT molecular complexity index is 715. The van der Waals surface area contributed by atoms with Crippen molar-refractivity contribution in [2.45, 2.75) is 38.5 Å². The Morgan fingerprint density at radius 1 is 1.08 bits per heavy atom. The fraction of sp³-hybridized carbons (Fsp3) is 0.526. The number of likely N-dealkylation sites (tertiary alicyclic amines) is 1. The number of hydrogen-bond acceptors (Lipinski definition) is 3. The number of anilines is 1. The number of halogens is 1. The summed E-state index contributed by atoms with van der Waals surface area (Å²) < 4.78 is 0. The van der Waals surface area contributed by atoms with Gasteiger partial charge in [-0.1, -0.05) is 11.6 Å². The molecule has 0 aromatic heterocycles. The molecule has 2 atom stereocenters. The highest BCUT2D eigenvalue weighted by Gasteiger charge is 2.33. The first kappa shape index (κ1) is 18.7. The number of benzene rings is 1. The number of carboxylic acids is 1. The van der Waals surface area contributed by atoms with Gasteiger partial charge in [0.05, 0.1) is 16.5 Å². The summed E-state index contributed by atoms with van der Waals surface area (Å²) in [5.41, 5.74) is 0.965. The van der Waals surface area contributed by atoms with Crippen molar-refractivity contribution in [3.8, 4) is 0 Å². The number of nitrogens with zero attached hydrogens (tertiary/aromatic N) is 1. The average molecular weight is 379 g/mol. The normalized spacial score (nSPS) is 22.9. The maximum atomic E-state index is 12.6. The van der Waals surface area contributed by atoms with Crippen LogP contribution in [0.1, 0.15) is 48.9 Å². The van der Waals surface area contributed by atoms with Crippen LogP contribution in [-0.4, -0.2) is 40.9 Å². The largest absolute Gasteiger partial charge is 0.481 e. The molecule has 1 aromatic carbocycles. The number of carbonyl (C=O) groups excluding carboxylic acids is 2. The summed E-state index contributed by atoms with van der Waals surface area (Å²) in [6.07, 6.45) is 4.62. The molecule has 1 saturated carbocycles. The van der Waals surface area contributed by atoms with Crippen molar-refractivity contribution in [1.29, 1.82) is 0 Å². The monoisotopic (exact) mass is 378 g/mol. The van der Waals surface area contributed by atoms with Crippen molar-refractivity contribution in [3.63, 3.8) is 0 Å². The zero-order valence-corrected chi connectivity index (χ0v) is 15.3. The van der Waals surface area contributed by atoms with Crippen LogP contribution in [0.4, 0.5) is 5.69 Å². The molecule has 1 aliphatic carbocycles. The lowest BCUT2D eigenvalue weighted by Crippen LogP contribution is -2.35. The minimum atomic E-state index is -0.844. The van der Waals surface area contributed by atoms with Gasteiger partial charge in [0, 0.05) is 24.7 Å². The number of carboxylic acid groups (broad SMARTS) is 1. The number of rotatable bonds is 4. The van der Waals surface area contributed by atoms with Gasteiger partial charge in [0.15, 0.2) is 0 Å². The molecular weight excluding hydrogens is 356 g/mol. The van der Waals surface area contributed by atoms with Gasteiger partial charge in [-0.05, 0) is 56.7 Å². The Morgan fingerprint density at radius 3 is 2.38 bits per heavy atom. The van der Waals surface area contributed by atoms with E-state index in [9.17, 15) is 14.4 Å². The van der Waals surface area contributed by atoms with E-state index in [-0.39, 0.29) is 17.7 Å². The standard InChI is InChI=1S/C19H23ClN2O4/c20-16-11-14(21-17(23)12-4-5-13(10-12)19(25)26)6-7-15(16)18(24)22-8-2-1-3-9-22/h6-7,11-13H,1-5,8-10H2,(H,21,23)(H,25,26)/t12-,13+/m0/s1. The van der Waals surface area contributed by atoms with E-state index in [4.69, 9.17) is 16.7 Å². The maximum absolute atomic E-state index is 12.6. The minimum absolute atomic E-state index is 0.0762. The molecule has 1 saturated heterocycles. The van der Waals surface area contributed by atoms with Crippen molar-refractivity contribution in [2.24, 2.45) is 11.8 Å². The second kappa shape index (κ2) is 8.08. The molecule has 2 aliphatic rings. The van der Waals surface area contributed by atoms with Gasteiger partial charge in [-0.3, -0.25) is 14.4 Å². The second-order valence-electron chi connectivity index (χ2n) is 7.08. The van der Waals surface area contributed by atoms with E-state index in [1.807, 2.05) is 4.90 Å². The summed E-state index contributed by atoms with van der Waals surface area (Å²) in [5.74, 6) is -1.86. The molecule has 1 aromatic rings. The Hall–Kier alpha value is -2.08. The Kier molecular flexibility index (Phi) is 5.81. The lowest BCUT2D eigenvalue weighted by molar-refractivity contribution is -0.141. The van der Waals surface area contributed by atoms with Crippen molar-refractivity contribution in [3.05, 3.63) is 28.8 Å². The lowest BCUT2D eigenvalue weighted by Gasteiger charge is -2.27. The number of hydrogen-bond donors (Lipinski definition) is 2. The van der Waals surface area contributed by atoms with Crippen LogP contribution in [0, 0.1) is 11.8 Å². The Morgan fingerprint density at radius 2 is 1.77 bits per heavy atom. The van der Waals surface area contributed by atoms with Crippen LogP contribution in [0.15, 0.2) is 18.2 Å². The van der Waals surface area contributed by atoms with Crippen molar-refractivity contribution in [2.75, 3.05) is 18.4 Å². The van der Waals surface area contributed by atoms with Crippen LogP contribution in [0.25, 0.3) is 0 Å². The Labute approximate surface area is 157 Å². The number of aliphatic carboxylic acids is 1. The quantitative estimate of drug-likeness (QED) is 0.840. The van der Waals surface area contributed by atoms with Gasteiger partial charge in [0.25, 0.3) is 5.91 Å². The van der Waals surface area contributed by atoms with Crippen LogP contribution in [-0.2, 0) is 9.59 Å². The SMILES string of the molecule is O=C(O)[C@@H]1CC[C@H](C(=O)Nc2ccc(C(=O)N3CCCCC3)c(Cl)c2)C1. The fourth-order valence-corrected chi connectivity index (χ4v) is 3.98. The Balaban J connectivity index is 1.63. The van der Waals surface area contributed by atoms with E-state index in [2.05, 4.69) is 5.32 Å². The van der Waals surface area contributed by atoms with Crippen LogP contribution in [0.5, 0.6) is 0 Å². The van der Waals surface area contributed by atoms with Gasteiger partial charge in [-0.15, -0.1) is 0 Å². The maximum Gasteiger partial charge on any atom is 0.306 e. The number of carbonyl (C=O) groups is 3. The first-order chi connectivity index (χ1) is 12.5. The fourth-order valence-electron chi connectivity index (χ4n) is 3.72. The zero-order chi connectivity index (χ0) is 18.7. The molecule has 2 amide bonds. The average Bonchev–Trinajstić information content (AvgIpc) is 3.13. The van der Waals surface area contributed by atoms with Gasteiger partial charge >= 0.3 is 5.97 Å². The first-order valence-electron chi connectivity index (χ1n) is 9.08. The summed E-state index contributed by atoms with van der Waals surface area (Å²) >= 11 is 6.27. The third kappa shape index (κ3) is 4.18. The minimum Gasteiger partial charge on any atom is -0.481 e. The summed E-state index contributed by atoms with van der Waals surface area (Å²) in [6, 6.07) is 4.90. The molecule has 7 heteroatoms. The van der Waals surface area contributed by atoms with E-state index < -0.39 is 11.9 Å². The third-order valence-electron chi connectivity index (χ3n) is 5.26. The molecule has 2 N–H and O–H groups in total. The molecule has 3 rings (SSSR count). The molecule has 0 radical (unpaired) electrons. The molecular formula is C19H23ClN2O4. The lowest BCUT2D eigenvalue weighted by atomic mass is 10.0. The predicted octanol–water partition coefficient (Wildman–Crippen LogP) is 3.41. The predicted molar refractivity (Wildman–Crippen MR) is 98.3 cm³/mol. The van der Waals surface area contributed by atoms with Crippen molar-refractivity contribution in [1.82, 2.24) is 4.90 Å². The van der Waals surface area contributed by atoms with Gasteiger partial charge in [-0.25, -0.2) is 0 Å². The van der Waals surface area contributed by atoms with E-state index in [0.29, 0.717) is 35.5 Å². The van der Waals surface area contributed by atoms with Crippen LogP contribution in [0.3, 0.4) is 0 Å². The molecule has 1 heterocycles. The molecule has 0 unspecified atom stereocenters. The van der Waals surface area contributed by atoms with Crippen LogP contribution in [0.2, 0.25) is 5.02 Å². The number of piperidine rings is 1. The summed E-state index contributed by atoms with van der Waals surface area (Å²) in [7, 11) is 0. The molecule has 140 valence electrons. The topological polar surface area (TPSA) is 86.7 Å². The third-order valence-corrected chi connectivity index (χ3v) is 5.58. The van der Waals surface area contributed by atoms with Gasteiger partial charge < -0.3 is 15.3 Å². The number of nitrogens with one attached hydrogen (secondary N) is 1. The highest BCUT2D eigenvalue weighted by molar-refractivity contribution is 6.34. The van der Waals surface area contributed by atoms with Gasteiger partial charge in [-0.2, -0.15) is 0 Å². The molecule has 0 spiro atoms. The van der Waals surface area contributed by atoms with E-state index >= 15 is 0 Å². The zero-order valence-electron chi connectivity index (χ0n) is 14.5. The van der Waals surface area contributed by atoms with Gasteiger partial charge in [0.2, 0.25) is 5.91 Å². The van der Waals surface area contributed by atoms with Crippen molar-refractivity contribution < 1.29 is 19.5 Å². The van der Waals surface area contributed by atoms with Crippen molar-refractivity contribution >= 4 is 35.1 Å². The first-order valence-corrected chi connectivity index (χ1v) is 9.46. The van der Waals surface area contributed by atoms with Gasteiger partial charge in [0.1, 0.15) is 0 Å². The molecule has 1 aliphatic heterocycles. The van der Waals surface area contributed by atoms with Crippen LogP contribution >= 0.6 is 11.6 Å². The van der Waals surface area contributed by atoms with E-state index in [1.165, 1.54) is 0 Å². The molecule has 0 bridgehead atoms. The highest BCUT2D eigenvalue weighted by atomic mass is 35.5. The summed E-state index contributed by atoms with van der Waals surface area (Å²) in [4.78, 5) is 37.7. The summed E-state index contributed by atoms with van der Waals surface area (Å²) in [5, 5.41) is 12.1. The molecule has 6 nitrogen and oxygen atoms in total. The molecule has 26 heavy (non-hydrogen) atoms. The van der Waals surface area contributed by atoms with E-state index in [1.54, 1.807) is 18.2 Å². The molecule has 2 fully saturated rings. The van der Waals surface area contributed by atoms with E-state index in [0.717, 1.165) is 32.4 Å².